The van der Waals surface area contributed by atoms with Gasteiger partial charge in [-0.15, -0.1) is 0 Å². The molecular weight excluding hydrogens is 550 g/mol. The Morgan fingerprint density at radius 2 is 1.81 bits per heavy atom. The highest BCUT2D eigenvalue weighted by molar-refractivity contribution is 6.31. The number of unbranched alkanes of at least 4 members (excludes halogenated alkanes) is 4. The summed E-state index contributed by atoms with van der Waals surface area (Å²) in [6, 6.07) is 11.7. The third-order valence-corrected chi connectivity index (χ3v) is 8.38. The van der Waals surface area contributed by atoms with Crippen LogP contribution < -0.4 is 15.5 Å². The van der Waals surface area contributed by atoms with Gasteiger partial charge in [-0.05, 0) is 92.5 Å². The molecule has 0 saturated carbocycles. The first-order valence-corrected chi connectivity index (χ1v) is 15.5. The summed E-state index contributed by atoms with van der Waals surface area (Å²) in [5, 5.41) is 19.3. The van der Waals surface area contributed by atoms with E-state index in [0.717, 1.165) is 78.9 Å². The molecule has 2 aromatic heterocycles. The molecule has 0 saturated heterocycles. The van der Waals surface area contributed by atoms with Gasteiger partial charge in [0.2, 0.25) is 5.91 Å². The molecular formula is C33H40ClN5O3. The molecule has 9 heteroatoms. The Bertz CT molecular complexity index is 1570. The van der Waals surface area contributed by atoms with Crippen LogP contribution in [0.4, 0.5) is 16.2 Å². The smallest absolute Gasteiger partial charge is 0.411 e. The van der Waals surface area contributed by atoms with Gasteiger partial charge in [0, 0.05) is 71.1 Å². The number of fused-ring (bicyclic) bond motifs is 3. The fourth-order valence-corrected chi connectivity index (χ4v) is 6.16. The molecule has 2 amide bonds. The SMILES string of the molecule is CC(=O)NCCc1c[nH]c2ccc(N(CCCCCCCNc3c4c(nc5cc(Cl)ccc35)CCCC4)C(=O)O)cc12. The first-order valence-electron chi connectivity index (χ1n) is 15.1. The number of H-pyrrole nitrogens is 1. The summed E-state index contributed by atoms with van der Waals surface area (Å²) in [5.74, 6) is -0.0597. The van der Waals surface area contributed by atoms with E-state index in [1.165, 1.54) is 41.6 Å². The lowest BCUT2D eigenvalue weighted by Crippen LogP contribution is -2.30. The van der Waals surface area contributed by atoms with Crippen molar-refractivity contribution in [2.45, 2.75) is 71.1 Å². The predicted octanol–water partition coefficient (Wildman–Crippen LogP) is 7.47. The van der Waals surface area contributed by atoms with Gasteiger partial charge in [0.25, 0.3) is 0 Å². The number of pyridine rings is 1. The molecule has 8 nitrogen and oxygen atoms in total. The number of hydrogen-bond acceptors (Lipinski definition) is 4. The molecule has 0 spiro atoms. The molecule has 2 heterocycles. The number of nitrogens with one attached hydrogen (secondary N) is 3. The van der Waals surface area contributed by atoms with Crippen LogP contribution >= 0.6 is 11.6 Å². The average Bonchev–Trinajstić information content (AvgIpc) is 3.37. The van der Waals surface area contributed by atoms with E-state index in [2.05, 4.69) is 21.7 Å². The molecule has 0 bridgehead atoms. The molecule has 2 aromatic carbocycles. The van der Waals surface area contributed by atoms with E-state index in [0.29, 0.717) is 30.2 Å². The minimum absolute atomic E-state index is 0.0597. The van der Waals surface area contributed by atoms with Gasteiger partial charge in [0.05, 0.1) is 5.52 Å². The molecule has 1 aliphatic rings. The number of rotatable bonds is 13. The maximum atomic E-state index is 12.1. The molecule has 0 atom stereocenters. The normalized spacial score (nSPS) is 12.8. The highest BCUT2D eigenvalue weighted by Crippen LogP contribution is 2.34. The lowest BCUT2D eigenvalue weighted by atomic mass is 9.92. The number of hydrogen-bond donors (Lipinski definition) is 4. The van der Waals surface area contributed by atoms with Crippen LogP contribution in [-0.4, -0.2) is 46.7 Å². The maximum Gasteiger partial charge on any atom is 0.411 e. The number of carboxylic acid groups (broad SMARTS) is 1. The monoisotopic (exact) mass is 589 g/mol. The maximum absolute atomic E-state index is 12.1. The van der Waals surface area contributed by atoms with Crippen LogP contribution in [0, 0.1) is 0 Å². The largest absolute Gasteiger partial charge is 0.465 e. The van der Waals surface area contributed by atoms with Crippen molar-refractivity contribution < 1.29 is 14.7 Å². The second-order valence-corrected chi connectivity index (χ2v) is 11.6. The zero-order valence-corrected chi connectivity index (χ0v) is 25.0. The topological polar surface area (TPSA) is 110 Å². The Balaban J connectivity index is 1.10. The van der Waals surface area contributed by atoms with Crippen LogP contribution in [0.1, 0.15) is 68.7 Å². The fourth-order valence-electron chi connectivity index (χ4n) is 5.99. The van der Waals surface area contributed by atoms with Gasteiger partial charge in [-0.2, -0.15) is 0 Å². The van der Waals surface area contributed by atoms with Crippen molar-refractivity contribution in [3.8, 4) is 0 Å². The summed E-state index contributed by atoms with van der Waals surface area (Å²) in [5.41, 5.74) is 7.45. The molecule has 4 aromatic rings. The summed E-state index contributed by atoms with van der Waals surface area (Å²) < 4.78 is 0. The quantitative estimate of drug-likeness (QED) is 0.121. The summed E-state index contributed by atoms with van der Waals surface area (Å²) in [4.78, 5) is 32.9. The van der Waals surface area contributed by atoms with E-state index in [1.54, 1.807) is 0 Å². The number of carbonyl (C=O) groups excluding carboxylic acids is 1. The first-order chi connectivity index (χ1) is 20.4. The molecule has 0 aliphatic heterocycles. The van der Waals surface area contributed by atoms with E-state index < -0.39 is 6.09 Å². The van der Waals surface area contributed by atoms with Crippen LogP contribution in [0.15, 0.2) is 42.6 Å². The van der Waals surface area contributed by atoms with Crippen LogP contribution in [-0.2, 0) is 24.1 Å². The van der Waals surface area contributed by atoms with Gasteiger partial charge < -0.3 is 20.7 Å². The molecule has 1 aliphatic carbocycles. The summed E-state index contributed by atoms with van der Waals surface area (Å²) >= 11 is 6.25. The lowest BCUT2D eigenvalue weighted by molar-refractivity contribution is -0.118. The molecule has 0 unspecified atom stereocenters. The van der Waals surface area contributed by atoms with Gasteiger partial charge >= 0.3 is 6.09 Å². The van der Waals surface area contributed by atoms with Crippen molar-refractivity contribution in [3.05, 3.63) is 64.4 Å². The van der Waals surface area contributed by atoms with Crippen molar-refractivity contribution in [3.63, 3.8) is 0 Å². The number of aryl methyl sites for hydroxylation is 1. The van der Waals surface area contributed by atoms with Crippen LogP contribution in [0.2, 0.25) is 5.02 Å². The molecule has 0 radical (unpaired) electrons. The van der Waals surface area contributed by atoms with Gasteiger partial charge in [-0.3, -0.25) is 14.7 Å². The van der Waals surface area contributed by atoms with E-state index >= 15 is 0 Å². The zero-order valence-electron chi connectivity index (χ0n) is 24.3. The van der Waals surface area contributed by atoms with E-state index in [4.69, 9.17) is 16.6 Å². The number of anilines is 2. The predicted molar refractivity (Wildman–Crippen MR) is 171 cm³/mol. The fraction of sp³-hybridized carbons (Fsp3) is 0.424. The number of nitrogens with zero attached hydrogens (tertiary/aromatic N) is 2. The third-order valence-electron chi connectivity index (χ3n) is 8.15. The number of aromatic amines is 1. The second-order valence-electron chi connectivity index (χ2n) is 11.2. The Labute approximate surface area is 251 Å². The van der Waals surface area contributed by atoms with Gasteiger partial charge in [-0.1, -0.05) is 30.9 Å². The van der Waals surface area contributed by atoms with Crippen LogP contribution in [0.25, 0.3) is 21.8 Å². The van der Waals surface area contributed by atoms with E-state index in [1.807, 2.05) is 36.5 Å². The Kier molecular flexibility index (Phi) is 9.85. The number of halogens is 1. The minimum Gasteiger partial charge on any atom is -0.465 e. The van der Waals surface area contributed by atoms with Gasteiger partial charge in [0.15, 0.2) is 0 Å². The highest BCUT2D eigenvalue weighted by atomic mass is 35.5. The molecule has 42 heavy (non-hydrogen) atoms. The van der Waals surface area contributed by atoms with Gasteiger partial charge in [-0.25, -0.2) is 4.79 Å². The summed E-state index contributed by atoms with van der Waals surface area (Å²) in [6.45, 7) is 3.40. The van der Waals surface area contributed by atoms with Crippen molar-refractivity contribution in [1.82, 2.24) is 15.3 Å². The standard InChI is InChI=1S/C33H40ClN5O3/c1-22(40)35-17-15-23-21-37-29-14-12-25(20-28(23)29)39(33(41)42)18-8-4-2-3-7-16-36-32-26-9-5-6-10-30(26)38-31-19-24(34)11-13-27(31)32/h11-14,19-21,37H,2-10,15-18H2,1H3,(H,35,40)(H,36,38)(H,41,42). The van der Waals surface area contributed by atoms with Crippen LogP contribution in [0.3, 0.4) is 0 Å². The number of amides is 2. The van der Waals surface area contributed by atoms with Crippen LogP contribution in [0.5, 0.6) is 0 Å². The van der Waals surface area contributed by atoms with Crippen molar-refractivity contribution in [2.75, 3.05) is 29.9 Å². The lowest BCUT2D eigenvalue weighted by Gasteiger charge is -2.22. The van der Waals surface area contributed by atoms with Crippen molar-refractivity contribution >= 4 is 56.8 Å². The Morgan fingerprint density at radius 3 is 2.64 bits per heavy atom. The molecule has 0 fully saturated rings. The summed E-state index contributed by atoms with van der Waals surface area (Å²) in [7, 11) is 0. The zero-order chi connectivity index (χ0) is 29.5. The minimum atomic E-state index is -0.942. The second kappa shape index (κ2) is 13.9. The number of aromatic nitrogens is 2. The highest BCUT2D eigenvalue weighted by Gasteiger charge is 2.19. The molecule has 4 N–H and O–H groups in total. The van der Waals surface area contributed by atoms with E-state index in [-0.39, 0.29) is 5.91 Å². The Hall–Kier alpha value is -3.78. The number of benzene rings is 2. The van der Waals surface area contributed by atoms with Gasteiger partial charge in [0.1, 0.15) is 0 Å². The average molecular weight is 590 g/mol. The number of carbonyl (C=O) groups is 2. The summed E-state index contributed by atoms with van der Waals surface area (Å²) in [6.07, 6.45) is 11.1. The van der Waals surface area contributed by atoms with E-state index in [9.17, 15) is 14.7 Å². The Morgan fingerprint density at radius 1 is 1.00 bits per heavy atom. The third kappa shape index (κ3) is 7.16. The van der Waals surface area contributed by atoms with Crippen molar-refractivity contribution in [2.24, 2.45) is 0 Å². The molecule has 222 valence electrons. The van der Waals surface area contributed by atoms with Crippen molar-refractivity contribution in [1.29, 1.82) is 0 Å². The molecule has 5 rings (SSSR count). The first kappa shape index (κ1) is 29.7.